The van der Waals surface area contributed by atoms with E-state index in [1.807, 2.05) is 0 Å². The summed E-state index contributed by atoms with van der Waals surface area (Å²) in [6.45, 7) is 0.248. The van der Waals surface area contributed by atoms with Crippen molar-refractivity contribution in [2.45, 2.75) is 12.5 Å². The minimum Gasteiger partial charge on any atom is -0.481 e. The molecular weight excluding hydrogens is 218 g/mol. The lowest BCUT2D eigenvalue weighted by Gasteiger charge is -2.16. The van der Waals surface area contributed by atoms with Crippen LogP contribution in [0.25, 0.3) is 0 Å². The van der Waals surface area contributed by atoms with Gasteiger partial charge in [0.25, 0.3) is 0 Å². The fourth-order valence-corrected chi connectivity index (χ4v) is 1.89. The van der Waals surface area contributed by atoms with Crippen molar-refractivity contribution in [1.82, 2.24) is 0 Å². The summed E-state index contributed by atoms with van der Waals surface area (Å²) in [4.78, 5) is 10.9. The standard InChI is InChI=1S/C11H10F2O3/c12-8-3-1-2-6(9(8)13)10-7(11(14)15)4-5-16-10/h1-3,7,10H,4-5H2,(H,14,15). The minimum atomic E-state index is -1.05. The van der Waals surface area contributed by atoms with Gasteiger partial charge < -0.3 is 9.84 Å². The first-order valence-electron chi connectivity index (χ1n) is 4.89. The molecule has 2 unspecified atom stereocenters. The van der Waals surface area contributed by atoms with Gasteiger partial charge in [0, 0.05) is 12.2 Å². The number of carboxylic acid groups (broad SMARTS) is 1. The van der Waals surface area contributed by atoms with Crippen LogP contribution in [-0.2, 0) is 9.53 Å². The highest BCUT2D eigenvalue weighted by Gasteiger charge is 2.37. The Hall–Kier alpha value is -1.49. The maximum Gasteiger partial charge on any atom is 0.309 e. The highest BCUT2D eigenvalue weighted by Crippen LogP contribution is 2.36. The second-order valence-electron chi connectivity index (χ2n) is 3.67. The van der Waals surface area contributed by atoms with E-state index in [0.29, 0.717) is 6.42 Å². The van der Waals surface area contributed by atoms with Gasteiger partial charge in [-0.1, -0.05) is 12.1 Å². The predicted octanol–water partition coefficient (Wildman–Crippen LogP) is 2.13. The van der Waals surface area contributed by atoms with Gasteiger partial charge in [-0.15, -0.1) is 0 Å². The van der Waals surface area contributed by atoms with Crippen LogP contribution in [0.4, 0.5) is 8.78 Å². The van der Waals surface area contributed by atoms with Gasteiger partial charge in [0.1, 0.15) is 0 Å². The van der Waals surface area contributed by atoms with Crippen molar-refractivity contribution in [3.63, 3.8) is 0 Å². The number of aliphatic carboxylic acids is 1. The fourth-order valence-electron chi connectivity index (χ4n) is 1.89. The molecule has 1 N–H and O–H groups in total. The predicted molar refractivity (Wildman–Crippen MR) is 50.8 cm³/mol. The number of carbonyl (C=O) groups is 1. The zero-order chi connectivity index (χ0) is 11.7. The van der Waals surface area contributed by atoms with Crippen molar-refractivity contribution in [3.8, 4) is 0 Å². The normalized spacial score (nSPS) is 24.6. The quantitative estimate of drug-likeness (QED) is 0.843. The van der Waals surface area contributed by atoms with Crippen molar-refractivity contribution in [2.24, 2.45) is 5.92 Å². The number of rotatable bonds is 2. The van der Waals surface area contributed by atoms with E-state index in [0.717, 1.165) is 6.07 Å². The fraction of sp³-hybridized carbons (Fsp3) is 0.364. The molecule has 0 radical (unpaired) electrons. The molecule has 0 aromatic heterocycles. The Morgan fingerprint density at radius 1 is 1.44 bits per heavy atom. The van der Waals surface area contributed by atoms with E-state index in [4.69, 9.17) is 9.84 Å². The summed E-state index contributed by atoms with van der Waals surface area (Å²) < 4.78 is 31.6. The number of ether oxygens (including phenoxy) is 1. The molecule has 2 atom stereocenters. The minimum absolute atomic E-state index is 0.0232. The summed E-state index contributed by atoms with van der Waals surface area (Å²) in [5, 5.41) is 8.91. The van der Waals surface area contributed by atoms with Gasteiger partial charge >= 0.3 is 5.97 Å². The third kappa shape index (κ3) is 1.78. The van der Waals surface area contributed by atoms with E-state index in [2.05, 4.69) is 0 Å². The van der Waals surface area contributed by atoms with Crippen LogP contribution in [-0.4, -0.2) is 17.7 Å². The summed E-state index contributed by atoms with van der Waals surface area (Å²) in [6, 6.07) is 3.68. The van der Waals surface area contributed by atoms with E-state index < -0.39 is 29.6 Å². The molecule has 1 aliphatic rings. The number of halogens is 2. The van der Waals surface area contributed by atoms with Crippen molar-refractivity contribution >= 4 is 5.97 Å². The first-order chi connectivity index (χ1) is 7.61. The van der Waals surface area contributed by atoms with E-state index in [1.54, 1.807) is 0 Å². The molecule has 1 saturated heterocycles. The average Bonchev–Trinajstić information content (AvgIpc) is 2.70. The van der Waals surface area contributed by atoms with Gasteiger partial charge in [0.05, 0.1) is 12.0 Å². The topological polar surface area (TPSA) is 46.5 Å². The van der Waals surface area contributed by atoms with E-state index >= 15 is 0 Å². The van der Waals surface area contributed by atoms with E-state index in [-0.39, 0.29) is 12.2 Å². The van der Waals surface area contributed by atoms with Crippen LogP contribution < -0.4 is 0 Å². The Morgan fingerprint density at radius 2 is 2.19 bits per heavy atom. The molecule has 1 heterocycles. The average molecular weight is 228 g/mol. The Morgan fingerprint density at radius 3 is 2.88 bits per heavy atom. The molecule has 5 heteroatoms. The molecule has 86 valence electrons. The summed E-state index contributed by atoms with van der Waals surface area (Å²) >= 11 is 0. The summed E-state index contributed by atoms with van der Waals surface area (Å²) in [5.41, 5.74) is -0.0232. The lowest BCUT2D eigenvalue weighted by Crippen LogP contribution is -2.18. The first kappa shape index (κ1) is 11.0. The van der Waals surface area contributed by atoms with Gasteiger partial charge in [0.15, 0.2) is 11.6 Å². The molecule has 16 heavy (non-hydrogen) atoms. The van der Waals surface area contributed by atoms with Crippen molar-refractivity contribution in [1.29, 1.82) is 0 Å². The monoisotopic (exact) mass is 228 g/mol. The van der Waals surface area contributed by atoms with Gasteiger partial charge in [-0.25, -0.2) is 8.78 Å². The van der Waals surface area contributed by atoms with Crippen molar-refractivity contribution in [3.05, 3.63) is 35.4 Å². The molecular formula is C11H10F2O3. The highest BCUT2D eigenvalue weighted by atomic mass is 19.2. The van der Waals surface area contributed by atoms with E-state index in [9.17, 15) is 13.6 Å². The van der Waals surface area contributed by atoms with Crippen molar-refractivity contribution < 1.29 is 23.4 Å². The van der Waals surface area contributed by atoms with Gasteiger partial charge in [0.2, 0.25) is 0 Å². The molecule has 1 fully saturated rings. The van der Waals surface area contributed by atoms with Gasteiger partial charge in [-0.3, -0.25) is 4.79 Å². The maximum absolute atomic E-state index is 13.4. The number of hydrogen-bond donors (Lipinski definition) is 1. The van der Waals surface area contributed by atoms with Crippen LogP contribution in [0.15, 0.2) is 18.2 Å². The lowest BCUT2D eigenvalue weighted by molar-refractivity contribution is -0.143. The Kier molecular flexibility index (Phi) is 2.87. The largest absolute Gasteiger partial charge is 0.481 e. The van der Waals surface area contributed by atoms with Crippen LogP contribution >= 0.6 is 0 Å². The Bertz CT molecular complexity index is 420. The molecule has 0 amide bonds. The maximum atomic E-state index is 13.4. The zero-order valence-electron chi connectivity index (χ0n) is 8.32. The summed E-state index contributed by atoms with van der Waals surface area (Å²) in [7, 11) is 0. The summed E-state index contributed by atoms with van der Waals surface area (Å²) in [5.74, 6) is -3.87. The van der Waals surface area contributed by atoms with Crippen molar-refractivity contribution in [2.75, 3.05) is 6.61 Å². The van der Waals surface area contributed by atoms with Gasteiger partial charge in [-0.05, 0) is 12.5 Å². The number of carboxylic acids is 1. The molecule has 1 aromatic carbocycles. The highest BCUT2D eigenvalue weighted by molar-refractivity contribution is 5.71. The third-order valence-electron chi connectivity index (χ3n) is 2.70. The second kappa shape index (κ2) is 4.17. The lowest BCUT2D eigenvalue weighted by atomic mass is 9.95. The van der Waals surface area contributed by atoms with E-state index in [1.165, 1.54) is 12.1 Å². The molecule has 3 nitrogen and oxygen atoms in total. The molecule has 0 saturated carbocycles. The zero-order valence-corrected chi connectivity index (χ0v) is 8.32. The second-order valence-corrected chi connectivity index (χ2v) is 3.67. The molecule has 1 aromatic rings. The Balaban J connectivity index is 2.36. The van der Waals surface area contributed by atoms with Crippen LogP contribution in [0.2, 0.25) is 0 Å². The Labute approximate surface area is 90.7 Å². The summed E-state index contributed by atoms with van der Waals surface area (Å²) in [6.07, 6.45) is -0.580. The number of hydrogen-bond acceptors (Lipinski definition) is 2. The molecule has 0 aliphatic carbocycles. The third-order valence-corrected chi connectivity index (χ3v) is 2.70. The van der Waals surface area contributed by atoms with Gasteiger partial charge in [-0.2, -0.15) is 0 Å². The first-order valence-corrected chi connectivity index (χ1v) is 4.89. The molecule has 0 spiro atoms. The van der Waals surface area contributed by atoms with Crippen LogP contribution in [0.1, 0.15) is 18.1 Å². The van der Waals surface area contributed by atoms with Crippen LogP contribution in [0, 0.1) is 17.6 Å². The smallest absolute Gasteiger partial charge is 0.309 e. The SMILES string of the molecule is O=C(O)C1CCOC1c1cccc(F)c1F. The van der Waals surface area contributed by atoms with Crippen LogP contribution in [0.5, 0.6) is 0 Å². The molecule has 1 aliphatic heterocycles. The molecule has 2 rings (SSSR count). The number of benzene rings is 1. The van der Waals surface area contributed by atoms with Crippen LogP contribution in [0.3, 0.4) is 0 Å². The molecule has 0 bridgehead atoms.